The molecular formula is C8H12ClN3OS. The van der Waals surface area contributed by atoms with Crippen LogP contribution in [-0.2, 0) is 11.3 Å². The smallest absolute Gasteiger partial charge is 0.236 e. The number of hydrogen-bond acceptors (Lipinski definition) is 4. The van der Waals surface area contributed by atoms with Gasteiger partial charge >= 0.3 is 0 Å². The Hall–Kier alpha value is -0.650. The minimum atomic E-state index is 0.0488. The molecule has 0 unspecified atom stereocenters. The van der Waals surface area contributed by atoms with Gasteiger partial charge in [-0.15, -0.1) is 11.3 Å². The summed E-state index contributed by atoms with van der Waals surface area (Å²) in [5.41, 5.74) is 0. The van der Waals surface area contributed by atoms with Crippen LogP contribution in [0.15, 0.2) is 6.20 Å². The second kappa shape index (κ2) is 5.29. The van der Waals surface area contributed by atoms with Crippen molar-refractivity contribution in [2.45, 2.75) is 6.54 Å². The van der Waals surface area contributed by atoms with E-state index in [-0.39, 0.29) is 5.91 Å². The first kappa shape index (κ1) is 11.4. The van der Waals surface area contributed by atoms with E-state index in [2.05, 4.69) is 10.3 Å². The van der Waals surface area contributed by atoms with Crippen molar-refractivity contribution in [3.63, 3.8) is 0 Å². The van der Waals surface area contributed by atoms with Gasteiger partial charge in [0.2, 0.25) is 5.91 Å². The Kier molecular flexibility index (Phi) is 4.31. The van der Waals surface area contributed by atoms with Crippen LogP contribution in [0, 0.1) is 0 Å². The van der Waals surface area contributed by atoms with E-state index < -0.39 is 0 Å². The second-order valence-electron chi connectivity index (χ2n) is 2.95. The number of hydrogen-bond donors (Lipinski definition) is 1. The highest BCUT2D eigenvalue weighted by molar-refractivity contribution is 7.15. The molecule has 1 heterocycles. The van der Waals surface area contributed by atoms with Crippen molar-refractivity contribution in [1.29, 1.82) is 0 Å². The average Bonchev–Trinajstić information content (AvgIpc) is 2.51. The monoisotopic (exact) mass is 233 g/mol. The van der Waals surface area contributed by atoms with Gasteiger partial charge in [0.1, 0.15) is 9.34 Å². The fraction of sp³-hybridized carbons (Fsp3) is 0.500. The van der Waals surface area contributed by atoms with Gasteiger partial charge in [0.25, 0.3) is 0 Å². The average molecular weight is 234 g/mol. The zero-order chi connectivity index (χ0) is 10.6. The zero-order valence-electron chi connectivity index (χ0n) is 8.08. The molecule has 0 saturated heterocycles. The van der Waals surface area contributed by atoms with Gasteiger partial charge in [-0.25, -0.2) is 4.98 Å². The summed E-state index contributed by atoms with van der Waals surface area (Å²) in [5.74, 6) is 0.0488. The predicted molar refractivity (Wildman–Crippen MR) is 57.5 cm³/mol. The largest absolute Gasteiger partial charge is 0.348 e. The fourth-order valence-corrected chi connectivity index (χ4v) is 1.73. The van der Waals surface area contributed by atoms with E-state index in [1.165, 1.54) is 11.3 Å². The lowest BCUT2D eigenvalue weighted by atomic mass is 10.5. The van der Waals surface area contributed by atoms with Gasteiger partial charge in [-0.1, -0.05) is 11.6 Å². The number of likely N-dealkylation sites (N-methyl/N-ethyl adjacent to an activating group) is 1. The molecule has 0 bridgehead atoms. The van der Waals surface area contributed by atoms with Crippen LogP contribution in [-0.4, -0.2) is 36.4 Å². The fourth-order valence-electron chi connectivity index (χ4n) is 0.804. The third-order valence-corrected chi connectivity index (χ3v) is 2.69. The van der Waals surface area contributed by atoms with Crippen LogP contribution in [0.4, 0.5) is 0 Å². The molecule has 0 saturated carbocycles. The number of nitrogens with one attached hydrogen (secondary N) is 1. The van der Waals surface area contributed by atoms with Gasteiger partial charge in [0.15, 0.2) is 0 Å². The molecule has 0 fully saturated rings. The maximum atomic E-state index is 11.2. The Labute approximate surface area is 91.9 Å². The highest BCUT2D eigenvalue weighted by Crippen LogP contribution is 2.17. The first-order valence-corrected chi connectivity index (χ1v) is 5.30. The summed E-state index contributed by atoms with van der Waals surface area (Å²) < 4.78 is 0.667. The number of aromatic nitrogens is 1. The van der Waals surface area contributed by atoms with Crippen molar-refractivity contribution >= 4 is 28.8 Å². The van der Waals surface area contributed by atoms with Gasteiger partial charge in [0.05, 0.1) is 12.7 Å². The molecule has 0 aromatic carbocycles. The number of carbonyl (C=O) groups is 1. The maximum Gasteiger partial charge on any atom is 0.236 e. The first-order chi connectivity index (χ1) is 6.59. The minimum Gasteiger partial charge on any atom is -0.348 e. The summed E-state index contributed by atoms with van der Waals surface area (Å²) in [6.07, 6.45) is 1.61. The lowest BCUT2D eigenvalue weighted by Crippen LogP contribution is -2.32. The summed E-state index contributed by atoms with van der Waals surface area (Å²) in [5, 5.41) is 3.88. The Balaban J connectivity index is 2.25. The van der Waals surface area contributed by atoms with E-state index in [0.29, 0.717) is 17.4 Å². The molecule has 0 aliphatic carbocycles. The molecule has 1 aromatic rings. The molecule has 1 N–H and O–H groups in total. The highest BCUT2D eigenvalue weighted by Gasteiger charge is 2.04. The standard InChI is InChI=1S/C8H12ClN3OS/c1-12(2)8(13)5-10-4-7-11-3-6(9)14-7/h3,10H,4-5H2,1-2H3. The van der Waals surface area contributed by atoms with Crippen molar-refractivity contribution in [3.8, 4) is 0 Å². The van der Waals surface area contributed by atoms with E-state index in [1.54, 1.807) is 25.2 Å². The molecule has 0 aliphatic heterocycles. The van der Waals surface area contributed by atoms with Crippen molar-refractivity contribution in [2.75, 3.05) is 20.6 Å². The lowest BCUT2D eigenvalue weighted by Gasteiger charge is -2.09. The number of amides is 1. The van der Waals surface area contributed by atoms with Gasteiger partial charge < -0.3 is 10.2 Å². The first-order valence-electron chi connectivity index (χ1n) is 4.10. The normalized spacial score (nSPS) is 10.2. The lowest BCUT2D eigenvalue weighted by molar-refractivity contribution is -0.127. The quantitative estimate of drug-likeness (QED) is 0.843. The molecule has 0 aliphatic rings. The van der Waals surface area contributed by atoms with Crippen LogP contribution < -0.4 is 5.32 Å². The van der Waals surface area contributed by atoms with Gasteiger partial charge in [0, 0.05) is 20.6 Å². The van der Waals surface area contributed by atoms with E-state index in [1.807, 2.05) is 0 Å². The van der Waals surface area contributed by atoms with Crippen LogP contribution in [0.3, 0.4) is 0 Å². The predicted octanol–water partition coefficient (Wildman–Crippen LogP) is 0.974. The molecule has 1 aromatic heterocycles. The van der Waals surface area contributed by atoms with Gasteiger partial charge in [-0.05, 0) is 0 Å². The molecule has 78 valence electrons. The van der Waals surface area contributed by atoms with E-state index in [4.69, 9.17) is 11.6 Å². The number of thiazole rings is 1. The van der Waals surface area contributed by atoms with Crippen molar-refractivity contribution in [3.05, 3.63) is 15.5 Å². The molecule has 0 atom stereocenters. The Morgan fingerprint density at radius 1 is 1.71 bits per heavy atom. The summed E-state index contributed by atoms with van der Waals surface area (Å²) in [6, 6.07) is 0. The molecule has 4 nitrogen and oxygen atoms in total. The molecule has 14 heavy (non-hydrogen) atoms. The second-order valence-corrected chi connectivity index (χ2v) is 4.70. The van der Waals surface area contributed by atoms with Crippen molar-refractivity contribution in [2.24, 2.45) is 0 Å². The summed E-state index contributed by atoms with van der Waals surface area (Å²) >= 11 is 7.12. The molecule has 6 heteroatoms. The van der Waals surface area contributed by atoms with Gasteiger partial charge in [-0.2, -0.15) is 0 Å². The topological polar surface area (TPSA) is 45.2 Å². The number of nitrogens with zero attached hydrogens (tertiary/aromatic N) is 2. The molecule has 1 rings (SSSR count). The molecular weight excluding hydrogens is 222 g/mol. The van der Waals surface area contributed by atoms with E-state index in [0.717, 1.165) is 5.01 Å². The summed E-state index contributed by atoms with van der Waals surface area (Å²) in [7, 11) is 3.45. The Morgan fingerprint density at radius 3 is 2.93 bits per heavy atom. The summed E-state index contributed by atoms with van der Waals surface area (Å²) in [6.45, 7) is 0.904. The third-order valence-electron chi connectivity index (χ3n) is 1.58. The zero-order valence-corrected chi connectivity index (χ0v) is 9.65. The van der Waals surface area contributed by atoms with Crippen LogP contribution in [0.2, 0.25) is 4.34 Å². The van der Waals surface area contributed by atoms with Gasteiger partial charge in [-0.3, -0.25) is 4.79 Å². The highest BCUT2D eigenvalue weighted by atomic mass is 35.5. The van der Waals surface area contributed by atoms with Crippen molar-refractivity contribution in [1.82, 2.24) is 15.2 Å². The van der Waals surface area contributed by atoms with E-state index in [9.17, 15) is 4.79 Å². The van der Waals surface area contributed by atoms with Crippen LogP contribution >= 0.6 is 22.9 Å². The number of carbonyl (C=O) groups excluding carboxylic acids is 1. The molecule has 0 radical (unpaired) electrons. The maximum absolute atomic E-state index is 11.2. The van der Waals surface area contributed by atoms with E-state index >= 15 is 0 Å². The SMILES string of the molecule is CN(C)C(=O)CNCc1ncc(Cl)s1. The number of rotatable bonds is 4. The third kappa shape index (κ3) is 3.61. The van der Waals surface area contributed by atoms with Crippen molar-refractivity contribution < 1.29 is 4.79 Å². The minimum absolute atomic E-state index is 0.0488. The Bertz CT molecular complexity index is 313. The Morgan fingerprint density at radius 2 is 2.43 bits per heavy atom. The molecule has 1 amide bonds. The number of halogens is 1. The van der Waals surface area contributed by atoms with Crippen LogP contribution in [0.5, 0.6) is 0 Å². The summed E-state index contributed by atoms with van der Waals surface area (Å²) in [4.78, 5) is 16.8. The van der Waals surface area contributed by atoms with Crippen LogP contribution in [0.1, 0.15) is 5.01 Å². The molecule has 0 spiro atoms. The van der Waals surface area contributed by atoms with Crippen LogP contribution in [0.25, 0.3) is 0 Å².